The Hall–Kier alpha value is -7.76. The fraction of sp³-hybridized carbons (Fsp3) is 0.333. The molecular weight excluding hydrogens is 845 g/mol. The number of aromatic nitrogens is 4. The number of nitrogens with one attached hydrogen (secondary N) is 2. The minimum Gasteiger partial charge on any atom is -0.373 e. The topological polar surface area (TPSA) is 212 Å². The van der Waals surface area contributed by atoms with Gasteiger partial charge in [-0.1, -0.05) is 38.5 Å². The molecule has 0 aliphatic rings. The third-order valence-electron chi connectivity index (χ3n) is 11.5. The Morgan fingerprint density at radius 1 is 0.348 bits per heavy atom. The van der Waals surface area contributed by atoms with Crippen molar-refractivity contribution in [3.05, 3.63) is 175 Å². The quantitative estimate of drug-likeness (QED) is 0.0217. The molecule has 342 valence electrons. The van der Waals surface area contributed by atoms with E-state index in [-0.39, 0.29) is 34.1 Å². The minimum absolute atomic E-state index is 0.244. The van der Waals surface area contributed by atoms with Crippen LogP contribution in [-0.2, 0) is 26.2 Å². The Balaban J connectivity index is 0.777. The predicted octanol–water partition coefficient (Wildman–Crippen LogP) is 8.63. The lowest BCUT2D eigenvalue weighted by Crippen LogP contribution is -2.36. The van der Waals surface area contributed by atoms with Gasteiger partial charge in [0.25, 0.3) is 22.7 Å². The maximum absolute atomic E-state index is 11.4. The van der Waals surface area contributed by atoms with Crippen LogP contribution >= 0.6 is 0 Å². The Morgan fingerprint density at radius 3 is 0.894 bits per heavy atom. The van der Waals surface area contributed by atoms with Crippen molar-refractivity contribution < 1.29 is 38.0 Å². The molecule has 0 unspecified atom stereocenters. The van der Waals surface area contributed by atoms with Gasteiger partial charge in [-0.15, -0.1) is 0 Å². The molecule has 0 fully saturated rings. The van der Waals surface area contributed by atoms with Crippen molar-refractivity contribution in [2.75, 3.05) is 23.7 Å². The number of pyridine rings is 4. The third-order valence-corrected chi connectivity index (χ3v) is 11.5. The molecule has 0 atom stereocenters. The van der Waals surface area contributed by atoms with Gasteiger partial charge in [-0.05, 0) is 47.2 Å². The smallest absolute Gasteiger partial charge is 0.299 e. The van der Waals surface area contributed by atoms with Crippen LogP contribution in [0.5, 0.6) is 0 Å². The molecular formula is C48H56N10O8+4. The van der Waals surface area contributed by atoms with Crippen molar-refractivity contribution in [2.45, 2.75) is 90.4 Å². The molecule has 66 heavy (non-hydrogen) atoms. The Bertz CT molecular complexity index is 2380. The molecule has 18 nitrogen and oxygen atoms in total. The lowest BCUT2D eigenvalue weighted by Gasteiger charge is -2.06. The molecule has 4 aromatic heterocycles. The lowest BCUT2D eigenvalue weighted by atomic mass is 10.1. The van der Waals surface area contributed by atoms with Crippen LogP contribution in [0.2, 0.25) is 0 Å². The highest BCUT2D eigenvalue weighted by Crippen LogP contribution is 2.30. The summed E-state index contributed by atoms with van der Waals surface area (Å²) in [5.41, 5.74) is 3.64. The summed E-state index contributed by atoms with van der Waals surface area (Å²) in [7, 11) is 0. The van der Waals surface area contributed by atoms with Gasteiger partial charge in [0.15, 0.2) is 62.7 Å². The molecule has 18 heteroatoms. The summed E-state index contributed by atoms with van der Waals surface area (Å²) >= 11 is 0. The van der Waals surface area contributed by atoms with Crippen LogP contribution in [0.1, 0.15) is 64.2 Å². The molecule has 4 heterocycles. The Labute approximate surface area is 382 Å². The number of anilines is 2. The SMILES string of the molecule is O=[N+]([O-])c1ccc(NCC[n+]2ccc(-c3cc[n+](CCCCCCCCCCCC[n+]4ccc(-c5cc[n+](CCNc6ccc([N+](=O)[O-])cc6[N+](=O)[O-])cc5)cc4)cc3)cc2)c([N+](=O)[O-])c1. The molecule has 0 bridgehead atoms. The predicted molar refractivity (Wildman–Crippen MR) is 247 cm³/mol. The third kappa shape index (κ3) is 14.4. The van der Waals surface area contributed by atoms with Crippen molar-refractivity contribution in [2.24, 2.45) is 0 Å². The summed E-state index contributed by atoms with van der Waals surface area (Å²) < 4.78 is 8.42. The van der Waals surface area contributed by atoms with Gasteiger partial charge in [-0.25, -0.2) is 18.3 Å². The van der Waals surface area contributed by atoms with Gasteiger partial charge >= 0.3 is 0 Å². The van der Waals surface area contributed by atoms with E-state index in [0.717, 1.165) is 60.3 Å². The number of benzene rings is 2. The zero-order chi connectivity index (χ0) is 46.7. The normalized spacial score (nSPS) is 11.0. The fourth-order valence-corrected chi connectivity index (χ4v) is 7.71. The molecule has 0 amide bonds. The monoisotopic (exact) mass is 900 g/mol. The molecule has 0 saturated heterocycles. The van der Waals surface area contributed by atoms with Gasteiger partial charge in [-0.2, -0.15) is 0 Å². The molecule has 0 radical (unpaired) electrons. The van der Waals surface area contributed by atoms with Crippen molar-refractivity contribution in [3.63, 3.8) is 0 Å². The van der Waals surface area contributed by atoms with Crippen LogP contribution < -0.4 is 28.9 Å². The van der Waals surface area contributed by atoms with Crippen LogP contribution in [0.25, 0.3) is 22.3 Å². The van der Waals surface area contributed by atoms with Crippen molar-refractivity contribution in [3.8, 4) is 22.3 Å². The first-order valence-electron chi connectivity index (χ1n) is 22.3. The van der Waals surface area contributed by atoms with E-state index in [0.29, 0.717) is 26.2 Å². The second-order valence-electron chi connectivity index (χ2n) is 16.1. The van der Waals surface area contributed by atoms with Crippen molar-refractivity contribution >= 4 is 34.1 Å². The minimum atomic E-state index is -0.648. The number of hydrogen-bond acceptors (Lipinski definition) is 10. The van der Waals surface area contributed by atoms with E-state index < -0.39 is 19.7 Å². The number of rotatable bonds is 27. The van der Waals surface area contributed by atoms with E-state index in [1.165, 1.54) is 75.6 Å². The van der Waals surface area contributed by atoms with Gasteiger partial charge in [0.2, 0.25) is 0 Å². The first-order valence-corrected chi connectivity index (χ1v) is 22.3. The summed E-state index contributed by atoms with van der Waals surface area (Å²) in [6.07, 6.45) is 28.8. The molecule has 0 saturated carbocycles. The van der Waals surface area contributed by atoms with Crippen LogP contribution in [0.15, 0.2) is 135 Å². The molecule has 6 rings (SSSR count). The molecule has 0 spiro atoms. The summed E-state index contributed by atoms with van der Waals surface area (Å²) in [5.74, 6) is 0. The van der Waals surface area contributed by atoms with Crippen molar-refractivity contribution in [1.82, 2.24) is 0 Å². The highest BCUT2D eigenvalue weighted by atomic mass is 16.6. The van der Waals surface area contributed by atoms with Gasteiger partial charge in [0.05, 0.1) is 44.9 Å². The Morgan fingerprint density at radius 2 is 0.621 bits per heavy atom. The molecule has 0 aliphatic carbocycles. The zero-order valence-corrected chi connectivity index (χ0v) is 36.9. The van der Waals surface area contributed by atoms with Crippen LogP contribution in [0.4, 0.5) is 34.1 Å². The number of unbranched alkanes of at least 4 members (excludes halogenated alkanes) is 9. The van der Waals surface area contributed by atoms with E-state index in [1.807, 2.05) is 58.2 Å². The van der Waals surface area contributed by atoms with E-state index in [2.05, 4.69) is 68.8 Å². The number of non-ortho nitro benzene ring substituents is 2. The number of aryl methyl sites for hydroxylation is 2. The molecule has 6 aromatic rings. The number of nitro benzene ring substituents is 4. The summed E-state index contributed by atoms with van der Waals surface area (Å²) in [5, 5.41) is 50.8. The first kappa shape index (κ1) is 47.7. The van der Waals surface area contributed by atoms with Crippen LogP contribution in [-0.4, -0.2) is 32.8 Å². The lowest BCUT2D eigenvalue weighted by molar-refractivity contribution is -0.697. The second kappa shape index (κ2) is 24.3. The number of hydrogen-bond donors (Lipinski definition) is 2. The van der Waals surface area contributed by atoms with Crippen LogP contribution in [0, 0.1) is 40.5 Å². The standard InChI is InChI=1S/C48H56N10O8/c59-55(60)43-11-13-45(47(37-43)57(63)64)49-23-35-53-31-19-41(20-32-53)39-15-27-51(28-16-39)25-9-7-5-3-1-2-4-6-8-10-26-52-29-17-40(18-30-52)42-21-33-54(34-22-42)36-24-50-46-14-12-44(56(61)62)38-48(46)58(65)66/h11-22,27-34,37-38,49-50H,1-10,23-26,35-36H2/q+4. The van der Waals surface area contributed by atoms with Gasteiger partial charge in [0.1, 0.15) is 24.5 Å². The van der Waals surface area contributed by atoms with Gasteiger partial charge in [-0.3, -0.25) is 40.5 Å². The average molecular weight is 901 g/mol. The fourth-order valence-electron chi connectivity index (χ4n) is 7.71. The summed E-state index contributed by atoms with van der Waals surface area (Å²) in [6.45, 7) is 3.93. The maximum Gasteiger partial charge on any atom is 0.299 e. The van der Waals surface area contributed by atoms with E-state index in [1.54, 1.807) is 0 Å². The molecule has 0 aliphatic heterocycles. The van der Waals surface area contributed by atoms with E-state index in [9.17, 15) is 40.5 Å². The van der Waals surface area contributed by atoms with Crippen LogP contribution in [0.3, 0.4) is 0 Å². The second-order valence-corrected chi connectivity index (χ2v) is 16.1. The van der Waals surface area contributed by atoms with E-state index in [4.69, 9.17) is 0 Å². The molecule has 2 N–H and O–H groups in total. The zero-order valence-electron chi connectivity index (χ0n) is 36.9. The average Bonchev–Trinajstić information content (AvgIpc) is 3.32. The van der Waals surface area contributed by atoms with Gasteiger partial charge in [0, 0.05) is 73.5 Å². The summed E-state index contributed by atoms with van der Waals surface area (Å²) in [6, 6.07) is 23.9. The molecule has 2 aromatic carbocycles. The number of nitro groups is 4. The summed E-state index contributed by atoms with van der Waals surface area (Å²) in [4.78, 5) is 42.2. The van der Waals surface area contributed by atoms with Crippen molar-refractivity contribution in [1.29, 1.82) is 0 Å². The Kier molecular flexibility index (Phi) is 17.6. The van der Waals surface area contributed by atoms with E-state index >= 15 is 0 Å². The maximum atomic E-state index is 11.4. The highest BCUT2D eigenvalue weighted by Gasteiger charge is 2.21. The highest BCUT2D eigenvalue weighted by molar-refractivity contribution is 5.66. The van der Waals surface area contributed by atoms with Gasteiger partial charge < -0.3 is 10.6 Å². The largest absolute Gasteiger partial charge is 0.373 e. The first-order chi connectivity index (χ1) is 32.0. The number of nitrogens with zero attached hydrogens (tertiary/aromatic N) is 8.